The van der Waals surface area contributed by atoms with Crippen molar-refractivity contribution in [2.45, 2.75) is 219 Å². The summed E-state index contributed by atoms with van der Waals surface area (Å²) >= 11 is 0. The summed E-state index contributed by atoms with van der Waals surface area (Å²) in [6.07, 6.45) is 44.3. The molecule has 40 heavy (non-hydrogen) atoms. The minimum Gasteiger partial charge on any atom is -0.344 e. The van der Waals surface area contributed by atoms with E-state index in [1.165, 1.54) is 180 Å². The van der Waals surface area contributed by atoms with Crippen LogP contribution >= 0.6 is 7.37 Å². The summed E-state index contributed by atoms with van der Waals surface area (Å²) in [5, 5.41) is 0. The van der Waals surface area contributed by atoms with Gasteiger partial charge in [0.05, 0.1) is 0 Å². The normalized spacial score (nSPS) is 11.7. The SMILES string of the molecule is CCCCCCCCCCCCCCCCCCP(=O)(O)CCCCCCCCCCCCCCCCCC.[Nd]. The van der Waals surface area contributed by atoms with E-state index in [0.717, 1.165) is 25.7 Å². The molecule has 0 aromatic rings. The van der Waals surface area contributed by atoms with Crippen molar-refractivity contribution in [3.63, 3.8) is 0 Å². The van der Waals surface area contributed by atoms with Gasteiger partial charge in [-0.2, -0.15) is 0 Å². The molecule has 0 aliphatic heterocycles. The van der Waals surface area contributed by atoms with Crippen molar-refractivity contribution in [1.29, 1.82) is 0 Å². The standard InChI is InChI=1S/C36H75O2P.Nd/c1-3-5-7-9-11-13-15-17-19-21-23-25-27-29-31-33-35-39(37,38)36-34-32-30-28-26-24-22-20-18-16-14-12-10-8-6-4-2;/h3-36H2,1-2H3,(H,37,38);. The van der Waals surface area contributed by atoms with Gasteiger partial charge in [-0.1, -0.05) is 206 Å². The van der Waals surface area contributed by atoms with E-state index in [1.807, 2.05) is 0 Å². The molecule has 0 atom stereocenters. The number of rotatable bonds is 34. The molecule has 0 unspecified atom stereocenters. The zero-order valence-electron chi connectivity index (χ0n) is 27.8. The van der Waals surface area contributed by atoms with Crippen LogP contribution in [-0.2, 0) is 4.57 Å². The first kappa shape index (κ1) is 43.7. The molecule has 1 N–H and O–H groups in total. The van der Waals surface area contributed by atoms with Crippen LogP contribution in [0.15, 0.2) is 0 Å². The maximum absolute atomic E-state index is 12.5. The third kappa shape index (κ3) is 37.6. The Kier molecular flexibility index (Phi) is 40.1. The van der Waals surface area contributed by atoms with Gasteiger partial charge in [-0.3, -0.25) is 4.57 Å². The average molecular weight is 715 g/mol. The van der Waals surface area contributed by atoms with Crippen molar-refractivity contribution in [1.82, 2.24) is 0 Å². The topological polar surface area (TPSA) is 37.3 Å². The van der Waals surface area contributed by atoms with Gasteiger partial charge in [0.2, 0.25) is 7.37 Å². The van der Waals surface area contributed by atoms with Gasteiger partial charge in [-0.05, 0) is 12.8 Å². The first-order valence-electron chi connectivity index (χ1n) is 18.4. The fourth-order valence-corrected chi connectivity index (χ4v) is 7.58. The zero-order valence-corrected chi connectivity index (χ0v) is 31.9. The summed E-state index contributed by atoms with van der Waals surface area (Å²) in [7, 11) is -2.87. The number of hydrogen-bond acceptors (Lipinski definition) is 1. The van der Waals surface area contributed by atoms with Crippen molar-refractivity contribution in [2.24, 2.45) is 0 Å². The van der Waals surface area contributed by atoms with Crippen LogP contribution in [0.5, 0.6) is 0 Å². The van der Waals surface area contributed by atoms with Crippen LogP contribution in [0.4, 0.5) is 0 Å². The molecule has 0 heterocycles. The molecule has 0 bridgehead atoms. The fourth-order valence-electron chi connectivity index (χ4n) is 5.93. The quantitative estimate of drug-likeness (QED) is 0.0532. The third-order valence-electron chi connectivity index (χ3n) is 8.72. The summed E-state index contributed by atoms with van der Waals surface area (Å²) in [5.74, 6) is 0. The van der Waals surface area contributed by atoms with Crippen LogP contribution < -0.4 is 0 Å². The van der Waals surface area contributed by atoms with Gasteiger partial charge in [-0.25, -0.2) is 0 Å². The van der Waals surface area contributed by atoms with Gasteiger partial charge in [0, 0.05) is 53.2 Å². The Hall–Kier alpha value is 1.54. The van der Waals surface area contributed by atoms with Crippen LogP contribution in [0.3, 0.4) is 0 Å². The van der Waals surface area contributed by atoms with E-state index in [0.29, 0.717) is 12.3 Å². The van der Waals surface area contributed by atoms with Crippen LogP contribution in [0.1, 0.15) is 219 Å². The van der Waals surface area contributed by atoms with Crippen molar-refractivity contribution in [2.75, 3.05) is 12.3 Å². The van der Waals surface area contributed by atoms with Crippen LogP contribution in [-0.4, -0.2) is 17.2 Å². The first-order valence-corrected chi connectivity index (χ1v) is 20.5. The Morgan fingerprint density at radius 2 is 0.475 bits per heavy atom. The molecule has 0 saturated heterocycles. The van der Waals surface area contributed by atoms with E-state index in [9.17, 15) is 9.46 Å². The van der Waals surface area contributed by atoms with Gasteiger partial charge >= 0.3 is 0 Å². The second kappa shape index (κ2) is 36.7. The van der Waals surface area contributed by atoms with E-state index in [4.69, 9.17) is 0 Å². The van der Waals surface area contributed by atoms with Gasteiger partial charge in [-0.15, -0.1) is 0 Å². The molecule has 2 nitrogen and oxygen atoms in total. The minimum atomic E-state index is -2.87. The maximum atomic E-state index is 12.5. The van der Waals surface area contributed by atoms with E-state index < -0.39 is 7.37 Å². The molecule has 0 aliphatic rings. The summed E-state index contributed by atoms with van der Waals surface area (Å²) in [4.78, 5) is 10.3. The molecule has 0 aliphatic carbocycles. The summed E-state index contributed by atoms with van der Waals surface area (Å²) < 4.78 is 12.5. The van der Waals surface area contributed by atoms with Crippen molar-refractivity contribution in [3.05, 3.63) is 0 Å². The molecule has 0 amide bonds. The Morgan fingerprint density at radius 1 is 0.325 bits per heavy atom. The van der Waals surface area contributed by atoms with Crippen LogP contribution in [0.25, 0.3) is 0 Å². The van der Waals surface area contributed by atoms with Gasteiger partial charge in [0.25, 0.3) is 0 Å². The Morgan fingerprint density at radius 3 is 0.650 bits per heavy atom. The molecule has 0 saturated carbocycles. The van der Waals surface area contributed by atoms with E-state index in [-0.39, 0.29) is 40.8 Å². The third-order valence-corrected chi connectivity index (χ3v) is 10.8. The monoisotopic (exact) mass is 712 g/mol. The maximum Gasteiger partial charge on any atom is 0.200 e. The number of unbranched alkanes of at least 4 members (excludes halogenated alkanes) is 30. The van der Waals surface area contributed by atoms with Gasteiger partial charge in [0.1, 0.15) is 0 Å². The predicted octanol–water partition coefficient (Wildman–Crippen LogP) is 13.8. The molecule has 0 rings (SSSR count). The largest absolute Gasteiger partial charge is 0.344 e. The molecule has 0 spiro atoms. The molecule has 0 fully saturated rings. The first-order chi connectivity index (χ1) is 19.1. The second-order valence-corrected chi connectivity index (χ2v) is 15.5. The predicted molar refractivity (Wildman–Crippen MR) is 179 cm³/mol. The van der Waals surface area contributed by atoms with Gasteiger partial charge in [0.15, 0.2) is 0 Å². The summed E-state index contributed by atoms with van der Waals surface area (Å²) in [6, 6.07) is 0. The molecular formula is C36H75NdO2P. The molecule has 0 radical (unpaired) electrons. The summed E-state index contributed by atoms with van der Waals surface area (Å²) in [5.41, 5.74) is 0. The van der Waals surface area contributed by atoms with Crippen LogP contribution in [0, 0.1) is 40.8 Å². The molecule has 240 valence electrons. The van der Waals surface area contributed by atoms with E-state index in [2.05, 4.69) is 13.8 Å². The van der Waals surface area contributed by atoms with Crippen LogP contribution in [0.2, 0.25) is 0 Å². The van der Waals surface area contributed by atoms with E-state index in [1.54, 1.807) is 0 Å². The van der Waals surface area contributed by atoms with Crippen molar-refractivity contribution >= 4 is 7.37 Å². The molecule has 0 aromatic heterocycles. The van der Waals surface area contributed by atoms with Gasteiger partial charge < -0.3 is 4.89 Å². The zero-order chi connectivity index (χ0) is 28.5. The fraction of sp³-hybridized carbons (Fsp3) is 1.00. The molecule has 0 aromatic carbocycles. The Bertz CT molecular complexity index is 459. The summed E-state index contributed by atoms with van der Waals surface area (Å²) in [6.45, 7) is 4.58. The second-order valence-electron chi connectivity index (χ2n) is 12.9. The Labute approximate surface area is 287 Å². The minimum absolute atomic E-state index is 0. The molecule has 4 heteroatoms. The molecular weight excluding hydrogens is 640 g/mol. The Balaban J connectivity index is 0. The average Bonchev–Trinajstić information content (AvgIpc) is 2.92. The van der Waals surface area contributed by atoms with Crippen molar-refractivity contribution in [3.8, 4) is 0 Å². The van der Waals surface area contributed by atoms with Crippen molar-refractivity contribution < 1.29 is 50.3 Å². The number of hydrogen-bond donors (Lipinski definition) is 1. The van der Waals surface area contributed by atoms with E-state index >= 15 is 0 Å². The smallest absolute Gasteiger partial charge is 0.200 e.